The molecule has 3 aromatic rings. The highest BCUT2D eigenvalue weighted by atomic mass is 16.4. The molecule has 7 heteroatoms. The van der Waals surface area contributed by atoms with E-state index >= 15 is 0 Å². The molecule has 1 aliphatic rings. The summed E-state index contributed by atoms with van der Waals surface area (Å²) in [6.45, 7) is 0.748. The maximum Gasteiger partial charge on any atom is 0.336 e. The third-order valence-corrected chi connectivity index (χ3v) is 5.69. The van der Waals surface area contributed by atoms with Crippen LogP contribution in [0, 0.1) is 11.3 Å². The summed E-state index contributed by atoms with van der Waals surface area (Å²) in [6, 6.07) is 17.4. The van der Waals surface area contributed by atoms with Gasteiger partial charge in [0, 0.05) is 18.5 Å². The minimum Gasteiger partial charge on any atom is -0.508 e. The van der Waals surface area contributed by atoms with Gasteiger partial charge in [0.05, 0.1) is 22.6 Å². The van der Waals surface area contributed by atoms with Gasteiger partial charge in [-0.15, -0.1) is 0 Å². The first-order valence-electron chi connectivity index (χ1n) is 9.57. The van der Waals surface area contributed by atoms with Gasteiger partial charge in [-0.3, -0.25) is 4.79 Å². The molecular formula is C23H19N3O4. The van der Waals surface area contributed by atoms with Gasteiger partial charge in [0.1, 0.15) is 11.4 Å². The standard InChI is InChI=1S/C23H19N3O4/c24-14-23(15-4-2-1-3-5-15)8-10-26(11-9-23)21(28)20-13-18(22(29)30)17-12-16(27)6-7-19(17)25-20/h1-7,12-13,27H,8-11H2,(H,29,30). The molecular weight excluding hydrogens is 382 g/mol. The molecule has 0 atom stereocenters. The minimum absolute atomic E-state index is 0.0368. The van der Waals surface area contributed by atoms with Crippen LogP contribution in [0.2, 0.25) is 0 Å². The van der Waals surface area contributed by atoms with Crippen LogP contribution >= 0.6 is 0 Å². The van der Waals surface area contributed by atoms with E-state index in [0.29, 0.717) is 31.4 Å². The van der Waals surface area contributed by atoms with Crippen LogP contribution in [0.3, 0.4) is 0 Å². The predicted molar refractivity (Wildman–Crippen MR) is 109 cm³/mol. The van der Waals surface area contributed by atoms with Crippen molar-refractivity contribution in [1.82, 2.24) is 9.88 Å². The molecule has 1 aliphatic heterocycles. The van der Waals surface area contributed by atoms with Crippen molar-refractivity contribution in [3.8, 4) is 11.8 Å². The third kappa shape index (κ3) is 3.33. The topological polar surface area (TPSA) is 115 Å². The zero-order valence-corrected chi connectivity index (χ0v) is 16.1. The molecule has 30 heavy (non-hydrogen) atoms. The SMILES string of the molecule is N#CC1(c2ccccc2)CCN(C(=O)c2cc(C(=O)O)c3cc(O)ccc3n2)CC1. The van der Waals surface area contributed by atoms with Crippen LogP contribution in [-0.4, -0.2) is 45.1 Å². The molecule has 2 aromatic carbocycles. The van der Waals surface area contributed by atoms with E-state index in [0.717, 1.165) is 5.56 Å². The number of phenolic OH excluding ortho intramolecular Hbond substituents is 1. The minimum atomic E-state index is -1.20. The summed E-state index contributed by atoms with van der Waals surface area (Å²) in [5, 5.41) is 29.3. The van der Waals surface area contributed by atoms with Gasteiger partial charge < -0.3 is 15.1 Å². The number of rotatable bonds is 3. The molecule has 1 amide bonds. The van der Waals surface area contributed by atoms with E-state index in [-0.39, 0.29) is 28.3 Å². The fourth-order valence-electron chi connectivity index (χ4n) is 3.98. The Morgan fingerprint density at radius 3 is 2.40 bits per heavy atom. The summed E-state index contributed by atoms with van der Waals surface area (Å²) >= 11 is 0. The Kier molecular flexibility index (Phi) is 4.84. The van der Waals surface area contributed by atoms with Crippen LogP contribution in [0.1, 0.15) is 39.3 Å². The number of pyridine rings is 1. The van der Waals surface area contributed by atoms with Crippen LogP contribution in [0.4, 0.5) is 0 Å². The number of carboxylic acid groups (broad SMARTS) is 1. The van der Waals surface area contributed by atoms with Crippen molar-refractivity contribution < 1.29 is 19.8 Å². The van der Waals surface area contributed by atoms with Gasteiger partial charge in [-0.1, -0.05) is 30.3 Å². The molecule has 1 aromatic heterocycles. The Morgan fingerprint density at radius 1 is 1.07 bits per heavy atom. The number of aromatic carboxylic acids is 1. The molecule has 0 radical (unpaired) electrons. The van der Waals surface area contributed by atoms with Crippen LogP contribution in [-0.2, 0) is 5.41 Å². The summed E-state index contributed by atoms with van der Waals surface area (Å²) in [4.78, 5) is 30.7. The Morgan fingerprint density at radius 2 is 1.77 bits per heavy atom. The van der Waals surface area contributed by atoms with E-state index in [4.69, 9.17) is 0 Å². The number of carbonyl (C=O) groups excluding carboxylic acids is 1. The Bertz CT molecular complexity index is 1180. The van der Waals surface area contributed by atoms with E-state index in [1.54, 1.807) is 4.90 Å². The van der Waals surface area contributed by atoms with Crippen LogP contribution in [0.5, 0.6) is 5.75 Å². The number of aromatic nitrogens is 1. The molecule has 1 fully saturated rings. The number of hydrogen-bond acceptors (Lipinski definition) is 5. The van der Waals surface area contributed by atoms with E-state index in [1.807, 2.05) is 30.3 Å². The number of fused-ring (bicyclic) bond motifs is 1. The van der Waals surface area contributed by atoms with Gasteiger partial charge >= 0.3 is 5.97 Å². The predicted octanol–water partition coefficient (Wildman–Crippen LogP) is 3.34. The first kappa shape index (κ1) is 19.4. The number of amides is 1. The van der Waals surface area contributed by atoms with E-state index in [1.165, 1.54) is 24.3 Å². The number of nitrogens with zero attached hydrogens (tertiary/aromatic N) is 3. The number of carboxylic acids is 1. The lowest BCUT2D eigenvalue weighted by molar-refractivity contribution is 0.0686. The molecule has 0 unspecified atom stereocenters. The lowest BCUT2D eigenvalue weighted by Gasteiger charge is -2.37. The molecule has 2 N–H and O–H groups in total. The summed E-state index contributed by atoms with van der Waals surface area (Å²) in [6.07, 6.45) is 0.985. The molecule has 0 spiro atoms. The molecule has 1 saturated heterocycles. The van der Waals surface area contributed by atoms with Crippen molar-refractivity contribution in [2.24, 2.45) is 0 Å². The fourth-order valence-corrected chi connectivity index (χ4v) is 3.98. The number of piperidine rings is 1. The van der Waals surface area contributed by atoms with Gasteiger partial charge in [-0.2, -0.15) is 5.26 Å². The number of benzene rings is 2. The summed E-state index contributed by atoms with van der Waals surface area (Å²) < 4.78 is 0. The highest BCUT2D eigenvalue weighted by molar-refractivity contribution is 6.06. The first-order valence-corrected chi connectivity index (χ1v) is 9.57. The normalized spacial score (nSPS) is 15.5. The number of aromatic hydroxyl groups is 1. The van der Waals surface area contributed by atoms with E-state index in [2.05, 4.69) is 11.1 Å². The van der Waals surface area contributed by atoms with Crippen molar-refractivity contribution in [1.29, 1.82) is 5.26 Å². The van der Waals surface area contributed by atoms with Crippen LogP contribution < -0.4 is 0 Å². The van der Waals surface area contributed by atoms with Gasteiger partial charge in [-0.25, -0.2) is 9.78 Å². The Balaban J connectivity index is 1.62. The van der Waals surface area contributed by atoms with E-state index in [9.17, 15) is 25.1 Å². The zero-order valence-electron chi connectivity index (χ0n) is 16.1. The van der Waals surface area contributed by atoms with Gasteiger partial charge in [0.25, 0.3) is 5.91 Å². The van der Waals surface area contributed by atoms with Crippen molar-refractivity contribution in [3.63, 3.8) is 0 Å². The van der Waals surface area contributed by atoms with Crippen molar-refractivity contribution >= 4 is 22.8 Å². The molecule has 150 valence electrons. The number of likely N-dealkylation sites (tertiary alicyclic amines) is 1. The fraction of sp³-hybridized carbons (Fsp3) is 0.217. The zero-order chi connectivity index (χ0) is 21.3. The molecule has 0 saturated carbocycles. The summed E-state index contributed by atoms with van der Waals surface area (Å²) in [5.41, 5.74) is 0.570. The summed E-state index contributed by atoms with van der Waals surface area (Å²) in [5.74, 6) is -1.64. The number of nitriles is 1. The highest BCUT2D eigenvalue weighted by Crippen LogP contribution is 2.35. The number of carbonyl (C=O) groups is 2. The smallest absolute Gasteiger partial charge is 0.336 e. The Labute approximate surface area is 172 Å². The molecule has 4 rings (SSSR count). The van der Waals surface area contributed by atoms with Crippen molar-refractivity contribution in [2.45, 2.75) is 18.3 Å². The van der Waals surface area contributed by atoms with Crippen LogP contribution in [0.15, 0.2) is 54.6 Å². The quantitative estimate of drug-likeness (QED) is 0.696. The lowest BCUT2D eigenvalue weighted by atomic mass is 9.74. The average molecular weight is 401 g/mol. The lowest BCUT2D eigenvalue weighted by Crippen LogP contribution is -2.44. The largest absolute Gasteiger partial charge is 0.508 e. The monoisotopic (exact) mass is 401 g/mol. The number of hydrogen-bond donors (Lipinski definition) is 2. The van der Waals surface area contributed by atoms with Crippen LogP contribution in [0.25, 0.3) is 10.9 Å². The van der Waals surface area contributed by atoms with Gasteiger partial charge in [0.15, 0.2) is 0 Å². The Hall–Kier alpha value is -3.92. The van der Waals surface area contributed by atoms with E-state index < -0.39 is 11.4 Å². The molecule has 0 bridgehead atoms. The van der Waals surface area contributed by atoms with Crippen molar-refractivity contribution in [3.05, 3.63) is 71.4 Å². The second kappa shape index (κ2) is 7.48. The maximum atomic E-state index is 13.1. The maximum absolute atomic E-state index is 13.1. The molecule has 7 nitrogen and oxygen atoms in total. The molecule has 0 aliphatic carbocycles. The highest BCUT2D eigenvalue weighted by Gasteiger charge is 2.38. The number of phenols is 1. The van der Waals surface area contributed by atoms with Gasteiger partial charge in [-0.05, 0) is 42.7 Å². The van der Waals surface area contributed by atoms with Crippen molar-refractivity contribution in [2.75, 3.05) is 13.1 Å². The first-order chi connectivity index (χ1) is 14.4. The summed E-state index contributed by atoms with van der Waals surface area (Å²) in [7, 11) is 0. The second-order valence-electron chi connectivity index (χ2n) is 7.41. The third-order valence-electron chi connectivity index (χ3n) is 5.69. The molecule has 2 heterocycles. The second-order valence-corrected chi connectivity index (χ2v) is 7.41. The average Bonchev–Trinajstić information content (AvgIpc) is 2.78. The van der Waals surface area contributed by atoms with Gasteiger partial charge in [0.2, 0.25) is 0 Å².